The van der Waals surface area contributed by atoms with Gasteiger partial charge in [-0.1, -0.05) is 23.7 Å². The third-order valence-electron chi connectivity index (χ3n) is 3.76. The van der Waals surface area contributed by atoms with Gasteiger partial charge in [-0.3, -0.25) is 9.59 Å². The van der Waals surface area contributed by atoms with E-state index in [1.165, 1.54) is 4.90 Å². The van der Waals surface area contributed by atoms with Gasteiger partial charge in [-0.05, 0) is 43.3 Å². The van der Waals surface area contributed by atoms with Crippen LogP contribution in [0.15, 0.2) is 48.5 Å². The molecule has 5 nitrogen and oxygen atoms in total. The maximum Gasteiger partial charge on any atom is 0.256 e. The Morgan fingerprint density at radius 3 is 2.54 bits per heavy atom. The van der Waals surface area contributed by atoms with Gasteiger partial charge in [0.2, 0.25) is 5.91 Å². The Morgan fingerprint density at radius 2 is 1.88 bits per heavy atom. The van der Waals surface area contributed by atoms with Crippen LogP contribution in [0.4, 0.5) is 11.4 Å². The first-order valence-corrected chi connectivity index (χ1v) is 8.08. The number of nitrogens with one attached hydrogen (secondary N) is 1. The van der Waals surface area contributed by atoms with Gasteiger partial charge >= 0.3 is 0 Å². The summed E-state index contributed by atoms with van der Waals surface area (Å²) >= 11 is 6.10. The van der Waals surface area contributed by atoms with Crippen LogP contribution < -0.4 is 15.0 Å². The van der Waals surface area contributed by atoms with Crippen molar-refractivity contribution in [1.29, 1.82) is 0 Å². The number of hydrogen-bond acceptors (Lipinski definition) is 4. The van der Waals surface area contributed by atoms with Crippen molar-refractivity contribution < 1.29 is 14.3 Å². The Morgan fingerprint density at radius 1 is 1.17 bits per heavy atom. The van der Waals surface area contributed by atoms with Crippen molar-refractivity contribution >= 4 is 34.8 Å². The van der Waals surface area contributed by atoms with E-state index >= 15 is 0 Å². The molecule has 0 unspecified atom stereocenters. The average molecular weight is 345 g/mol. The standard InChI is InChI=1S/C18H17ClN2O3/c1-2-24-13-9-7-12(8-10-13)21-17(22)11-16(18(21)23)20-15-6-4-3-5-14(15)19/h3-10,16,20H,2,11H2,1H3/t16-/m0/s1. The van der Waals surface area contributed by atoms with Crippen LogP contribution >= 0.6 is 11.6 Å². The molecule has 24 heavy (non-hydrogen) atoms. The maximum atomic E-state index is 12.6. The van der Waals surface area contributed by atoms with Gasteiger partial charge in [-0.15, -0.1) is 0 Å². The second-order valence-electron chi connectivity index (χ2n) is 5.38. The van der Waals surface area contributed by atoms with Gasteiger partial charge in [0.15, 0.2) is 0 Å². The largest absolute Gasteiger partial charge is 0.494 e. The normalized spacial score (nSPS) is 17.2. The first-order chi connectivity index (χ1) is 11.6. The molecule has 0 aromatic heterocycles. The Balaban J connectivity index is 1.77. The number of rotatable bonds is 5. The van der Waals surface area contributed by atoms with Crippen LogP contribution in [0.3, 0.4) is 0 Å². The van der Waals surface area contributed by atoms with Crippen molar-refractivity contribution in [3.63, 3.8) is 0 Å². The molecule has 0 aliphatic carbocycles. The molecule has 1 aliphatic rings. The lowest BCUT2D eigenvalue weighted by Gasteiger charge is -2.17. The Labute approximate surface area is 145 Å². The highest BCUT2D eigenvalue weighted by atomic mass is 35.5. The predicted molar refractivity (Wildman–Crippen MR) is 93.6 cm³/mol. The number of halogens is 1. The van der Waals surface area contributed by atoms with Crippen molar-refractivity contribution in [2.24, 2.45) is 0 Å². The molecule has 6 heteroatoms. The van der Waals surface area contributed by atoms with Crippen LogP contribution in [0, 0.1) is 0 Å². The number of benzene rings is 2. The molecule has 1 heterocycles. The van der Waals surface area contributed by atoms with Gasteiger partial charge in [0.25, 0.3) is 5.91 Å². The van der Waals surface area contributed by atoms with E-state index in [1.807, 2.05) is 13.0 Å². The fourth-order valence-electron chi connectivity index (χ4n) is 2.64. The van der Waals surface area contributed by atoms with E-state index in [4.69, 9.17) is 16.3 Å². The first-order valence-electron chi connectivity index (χ1n) is 7.71. The number of amides is 2. The van der Waals surface area contributed by atoms with Gasteiger partial charge in [-0.25, -0.2) is 4.90 Å². The summed E-state index contributed by atoms with van der Waals surface area (Å²) in [5.74, 6) is 0.170. The smallest absolute Gasteiger partial charge is 0.256 e. The molecular weight excluding hydrogens is 328 g/mol. The third kappa shape index (κ3) is 3.21. The fourth-order valence-corrected chi connectivity index (χ4v) is 2.83. The SMILES string of the molecule is CCOc1ccc(N2C(=O)C[C@H](Nc3ccccc3Cl)C2=O)cc1. The molecule has 1 fully saturated rings. The van der Waals surface area contributed by atoms with E-state index in [9.17, 15) is 9.59 Å². The minimum atomic E-state index is -0.621. The Bertz CT molecular complexity index is 761. The summed E-state index contributed by atoms with van der Waals surface area (Å²) in [7, 11) is 0. The lowest BCUT2D eigenvalue weighted by atomic mass is 10.2. The molecule has 0 saturated carbocycles. The van der Waals surface area contributed by atoms with E-state index < -0.39 is 6.04 Å². The van der Waals surface area contributed by atoms with Crippen LogP contribution in [0.1, 0.15) is 13.3 Å². The molecule has 2 amide bonds. The van der Waals surface area contributed by atoms with Crippen molar-refractivity contribution in [2.75, 3.05) is 16.8 Å². The molecule has 1 N–H and O–H groups in total. The summed E-state index contributed by atoms with van der Waals surface area (Å²) < 4.78 is 5.38. The quantitative estimate of drug-likeness (QED) is 0.844. The van der Waals surface area contributed by atoms with Crippen LogP contribution in [-0.4, -0.2) is 24.5 Å². The summed E-state index contributed by atoms with van der Waals surface area (Å²) in [5.41, 5.74) is 1.18. The molecule has 0 spiro atoms. The van der Waals surface area contributed by atoms with Gasteiger partial charge in [0.05, 0.1) is 29.4 Å². The Hall–Kier alpha value is -2.53. The highest BCUT2D eigenvalue weighted by Gasteiger charge is 2.39. The molecule has 1 atom stereocenters. The highest BCUT2D eigenvalue weighted by molar-refractivity contribution is 6.33. The number of hydrogen-bond donors (Lipinski definition) is 1. The number of carbonyl (C=O) groups is 2. The minimum Gasteiger partial charge on any atom is -0.494 e. The molecule has 124 valence electrons. The number of para-hydroxylation sites is 1. The van der Waals surface area contributed by atoms with E-state index in [1.54, 1.807) is 42.5 Å². The highest BCUT2D eigenvalue weighted by Crippen LogP contribution is 2.28. The second kappa shape index (κ2) is 6.93. The van der Waals surface area contributed by atoms with Gasteiger partial charge < -0.3 is 10.1 Å². The molecule has 1 aliphatic heterocycles. The molecule has 1 saturated heterocycles. The van der Waals surface area contributed by atoms with Gasteiger partial charge in [0, 0.05) is 0 Å². The number of imide groups is 1. The molecular formula is C18H17ClN2O3. The zero-order chi connectivity index (χ0) is 17.1. The van der Waals surface area contributed by atoms with Crippen LogP contribution in [0.2, 0.25) is 5.02 Å². The molecule has 2 aromatic carbocycles. The number of ether oxygens (including phenoxy) is 1. The van der Waals surface area contributed by atoms with Crippen LogP contribution in [0.25, 0.3) is 0 Å². The van der Waals surface area contributed by atoms with Gasteiger partial charge in [0.1, 0.15) is 11.8 Å². The lowest BCUT2D eigenvalue weighted by molar-refractivity contribution is -0.121. The third-order valence-corrected chi connectivity index (χ3v) is 4.09. The monoisotopic (exact) mass is 344 g/mol. The molecule has 3 rings (SSSR count). The summed E-state index contributed by atoms with van der Waals surface area (Å²) in [4.78, 5) is 26.1. The summed E-state index contributed by atoms with van der Waals surface area (Å²) in [6.07, 6.45) is 0.0945. The topological polar surface area (TPSA) is 58.6 Å². The van der Waals surface area contributed by atoms with Crippen molar-refractivity contribution in [3.8, 4) is 5.75 Å². The van der Waals surface area contributed by atoms with E-state index in [0.29, 0.717) is 28.8 Å². The molecule has 0 radical (unpaired) electrons. The average Bonchev–Trinajstić information content (AvgIpc) is 2.85. The predicted octanol–water partition coefficient (Wildman–Crippen LogP) is 3.48. The van der Waals surface area contributed by atoms with Gasteiger partial charge in [-0.2, -0.15) is 0 Å². The summed E-state index contributed by atoms with van der Waals surface area (Å²) in [6.45, 7) is 2.46. The molecule has 0 bridgehead atoms. The molecule has 2 aromatic rings. The summed E-state index contributed by atoms with van der Waals surface area (Å²) in [5, 5.41) is 3.56. The van der Waals surface area contributed by atoms with Crippen molar-refractivity contribution in [2.45, 2.75) is 19.4 Å². The zero-order valence-electron chi connectivity index (χ0n) is 13.2. The van der Waals surface area contributed by atoms with Crippen molar-refractivity contribution in [1.82, 2.24) is 0 Å². The van der Waals surface area contributed by atoms with Crippen LogP contribution in [-0.2, 0) is 9.59 Å². The fraction of sp³-hybridized carbons (Fsp3) is 0.222. The number of anilines is 2. The van der Waals surface area contributed by atoms with Crippen LogP contribution in [0.5, 0.6) is 5.75 Å². The Kier molecular flexibility index (Phi) is 4.71. The van der Waals surface area contributed by atoms with Crippen molar-refractivity contribution in [3.05, 3.63) is 53.6 Å². The number of carbonyl (C=O) groups excluding carboxylic acids is 2. The maximum absolute atomic E-state index is 12.6. The second-order valence-corrected chi connectivity index (χ2v) is 5.78. The van der Waals surface area contributed by atoms with E-state index in [0.717, 1.165) is 0 Å². The summed E-state index contributed by atoms with van der Waals surface area (Å²) in [6, 6.07) is 13.4. The number of nitrogens with zero attached hydrogens (tertiary/aromatic N) is 1. The van der Waals surface area contributed by atoms with E-state index in [-0.39, 0.29) is 18.2 Å². The van der Waals surface area contributed by atoms with E-state index in [2.05, 4.69) is 5.32 Å². The minimum absolute atomic E-state index is 0.0945. The lowest BCUT2D eigenvalue weighted by Crippen LogP contribution is -2.34. The first kappa shape index (κ1) is 16.3. The zero-order valence-corrected chi connectivity index (χ0v) is 13.9.